The van der Waals surface area contributed by atoms with Crippen LogP contribution < -0.4 is 0 Å². The molecule has 0 spiro atoms. The quantitative estimate of drug-likeness (QED) is 0.446. The molecule has 2 atom stereocenters. The van der Waals surface area contributed by atoms with Crippen molar-refractivity contribution in [2.45, 2.75) is 31.4 Å². The molecule has 2 nitrogen and oxygen atoms in total. The highest BCUT2D eigenvalue weighted by Gasteiger charge is 2.64. The molecule has 1 rings (SSSR count). The highest BCUT2D eigenvalue weighted by atomic mass is 19.4. The monoisotopic (exact) mass is 326 g/mol. The van der Waals surface area contributed by atoms with Gasteiger partial charge in [-0.25, -0.2) is 13.7 Å². The molecule has 1 aliphatic heterocycles. The van der Waals surface area contributed by atoms with Crippen molar-refractivity contribution < 1.29 is 35.1 Å². The van der Waals surface area contributed by atoms with Gasteiger partial charge >= 0.3 is 12.5 Å². The molecule has 0 aromatic carbocycles. The Hall–Kier alpha value is -0.900. The van der Waals surface area contributed by atoms with E-state index in [1.807, 2.05) is 0 Å². The molecule has 0 radical (unpaired) electrons. The van der Waals surface area contributed by atoms with Crippen LogP contribution in [0.15, 0.2) is 12.2 Å². The second-order valence-electron chi connectivity index (χ2n) is 4.82. The molecule has 0 saturated carbocycles. The lowest BCUT2D eigenvalue weighted by Gasteiger charge is -2.41. The minimum absolute atomic E-state index is 0.0322. The third-order valence-electron chi connectivity index (χ3n) is 3.36. The van der Waals surface area contributed by atoms with E-state index in [0.717, 1.165) is 0 Å². The van der Waals surface area contributed by atoms with Crippen LogP contribution in [0, 0.1) is 0 Å². The van der Waals surface area contributed by atoms with Gasteiger partial charge in [0.2, 0.25) is 6.30 Å². The van der Waals surface area contributed by atoms with Crippen molar-refractivity contribution in [3.63, 3.8) is 0 Å². The van der Waals surface area contributed by atoms with Gasteiger partial charge in [-0.15, -0.1) is 0 Å². The first-order valence-electron chi connectivity index (χ1n) is 5.93. The fraction of sp³-hybridized carbons (Fsp3) is 0.818. The summed E-state index contributed by atoms with van der Waals surface area (Å²) >= 11 is 0. The standard InChI is InChI=1S/C11H14F8N2/c1-7(2)9(13,10(14,15)16)8(12)20-3-5-21(6-4-20)11(17,18)19/h8H,1,3-6H2,2H3/t8?,9-/m1/s1. The lowest BCUT2D eigenvalue weighted by Crippen LogP contribution is -2.61. The van der Waals surface area contributed by atoms with E-state index in [0.29, 0.717) is 11.8 Å². The van der Waals surface area contributed by atoms with Crippen molar-refractivity contribution in [2.24, 2.45) is 0 Å². The van der Waals surface area contributed by atoms with Crippen LogP contribution in [0.5, 0.6) is 0 Å². The molecule has 0 bridgehead atoms. The number of alkyl halides is 8. The number of rotatable bonds is 3. The van der Waals surface area contributed by atoms with Gasteiger partial charge in [0.05, 0.1) is 0 Å². The molecular formula is C11H14F8N2. The second kappa shape index (κ2) is 5.71. The Labute approximate surface area is 116 Å². The Morgan fingerprint density at radius 1 is 0.952 bits per heavy atom. The fourth-order valence-electron chi connectivity index (χ4n) is 2.03. The van der Waals surface area contributed by atoms with Crippen molar-refractivity contribution in [1.82, 2.24) is 9.80 Å². The van der Waals surface area contributed by atoms with E-state index in [2.05, 4.69) is 6.58 Å². The maximum absolute atomic E-state index is 14.1. The molecule has 0 aliphatic carbocycles. The van der Waals surface area contributed by atoms with E-state index in [1.54, 1.807) is 0 Å². The van der Waals surface area contributed by atoms with Crippen LogP contribution in [0.25, 0.3) is 0 Å². The first kappa shape index (κ1) is 18.1. The molecule has 1 unspecified atom stereocenters. The number of halogens is 8. The largest absolute Gasteiger partial charge is 0.460 e. The van der Waals surface area contributed by atoms with Crippen molar-refractivity contribution in [3.8, 4) is 0 Å². The molecule has 1 saturated heterocycles. The zero-order valence-electron chi connectivity index (χ0n) is 11.0. The molecule has 0 aromatic rings. The molecule has 124 valence electrons. The van der Waals surface area contributed by atoms with Gasteiger partial charge in [0.15, 0.2) is 0 Å². The third kappa shape index (κ3) is 3.47. The third-order valence-corrected chi connectivity index (χ3v) is 3.36. The lowest BCUT2D eigenvalue weighted by molar-refractivity contribution is -0.272. The number of hydrogen-bond donors (Lipinski definition) is 0. The van der Waals surface area contributed by atoms with Crippen LogP contribution in [-0.2, 0) is 0 Å². The summed E-state index contributed by atoms with van der Waals surface area (Å²) in [4.78, 5) is 0.439. The molecule has 21 heavy (non-hydrogen) atoms. The summed E-state index contributed by atoms with van der Waals surface area (Å²) < 4.78 is 103. The van der Waals surface area contributed by atoms with Crippen molar-refractivity contribution in [2.75, 3.05) is 26.2 Å². The van der Waals surface area contributed by atoms with Crippen molar-refractivity contribution in [3.05, 3.63) is 12.2 Å². The van der Waals surface area contributed by atoms with E-state index < -0.39 is 56.2 Å². The Morgan fingerprint density at radius 2 is 1.38 bits per heavy atom. The van der Waals surface area contributed by atoms with E-state index in [9.17, 15) is 35.1 Å². The average molecular weight is 326 g/mol. The Kier molecular flexibility index (Phi) is 4.94. The minimum atomic E-state index is -5.54. The Balaban J connectivity index is 2.85. The zero-order chi connectivity index (χ0) is 16.6. The first-order chi connectivity index (χ1) is 9.31. The maximum Gasteiger partial charge on any atom is 0.460 e. The van der Waals surface area contributed by atoms with E-state index in [-0.39, 0.29) is 4.90 Å². The van der Waals surface area contributed by atoms with Crippen LogP contribution in [-0.4, -0.2) is 60.4 Å². The van der Waals surface area contributed by atoms with E-state index in [4.69, 9.17) is 0 Å². The SMILES string of the molecule is C=C(C)[C@@](F)(C(F)N1CCN(C(F)(F)F)CC1)C(F)(F)F. The Morgan fingerprint density at radius 3 is 1.67 bits per heavy atom. The molecule has 0 N–H and O–H groups in total. The summed E-state index contributed by atoms with van der Waals surface area (Å²) in [5.41, 5.74) is -5.39. The summed E-state index contributed by atoms with van der Waals surface area (Å²) in [6, 6.07) is 0. The lowest BCUT2D eigenvalue weighted by atomic mass is 9.95. The summed E-state index contributed by atoms with van der Waals surface area (Å²) in [5.74, 6) is 0. The number of piperazine rings is 1. The van der Waals surface area contributed by atoms with Crippen LogP contribution in [0.4, 0.5) is 35.1 Å². The zero-order valence-corrected chi connectivity index (χ0v) is 11.0. The molecule has 1 fully saturated rings. The van der Waals surface area contributed by atoms with Gasteiger partial charge in [0, 0.05) is 26.2 Å². The van der Waals surface area contributed by atoms with Gasteiger partial charge in [-0.3, -0.25) is 4.90 Å². The summed E-state index contributed by atoms with van der Waals surface area (Å²) in [6.45, 7) is 0.700. The van der Waals surface area contributed by atoms with Gasteiger partial charge in [-0.1, -0.05) is 6.58 Å². The summed E-state index contributed by atoms with van der Waals surface area (Å²) in [6.07, 6.45) is -13.3. The summed E-state index contributed by atoms with van der Waals surface area (Å²) in [7, 11) is 0. The maximum atomic E-state index is 14.1. The predicted molar refractivity (Wildman–Crippen MR) is 58.8 cm³/mol. The highest BCUT2D eigenvalue weighted by molar-refractivity contribution is 5.17. The molecule has 0 amide bonds. The Bertz CT molecular complexity index is 383. The van der Waals surface area contributed by atoms with Gasteiger partial charge in [0.1, 0.15) is 0 Å². The highest BCUT2D eigenvalue weighted by Crippen LogP contribution is 2.44. The minimum Gasteiger partial charge on any atom is -0.268 e. The average Bonchev–Trinajstić information content (AvgIpc) is 2.34. The molecule has 0 aromatic heterocycles. The van der Waals surface area contributed by atoms with Gasteiger partial charge in [0.25, 0.3) is 5.67 Å². The van der Waals surface area contributed by atoms with Gasteiger partial charge in [-0.05, 0) is 12.5 Å². The molecule has 1 heterocycles. The molecule has 1 aliphatic rings. The summed E-state index contributed by atoms with van der Waals surface area (Å²) in [5, 5.41) is 0. The van der Waals surface area contributed by atoms with Crippen LogP contribution in [0.1, 0.15) is 6.92 Å². The molecular weight excluding hydrogens is 312 g/mol. The van der Waals surface area contributed by atoms with Crippen molar-refractivity contribution >= 4 is 0 Å². The normalized spacial score (nSPS) is 23.7. The van der Waals surface area contributed by atoms with Crippen LogP contribution in [0.3, 0.4) is 0 Å². The van der Waals surface area contributed by atoms with Gasteiger partial charge < -0.3 is 0 Å². The van der Waals surface area contributed by atoms with Crippen LogP contribution in [0.2, 0.25) is 0 Å². The van der Waals surface area contributed by atoms with Gasteiger partial charge in [-0.2, -0.15) is 26.3 Å². The second-order valence-corrected chi connectivity index (χ2v) is 4.82. The predicted octanol–water partition coefficient (Wildman–Crippen LogP) is 3.27. The smallest absolute Gasteiger partial charge is 0.268 e. The van der Waals surface area contributed by atoms with E-state index >= 15 is 0 Å². The number of nitrogens with zero attached hydrogens (tertiary/aromatic N) is 2. The number of hydrogen-bond acceptors (Lipinski definition) is 2. The van der Waals surface area contributed by atoms with Crippen LogP contribution >= 0.6 is 0 Å². The topological polar surface area (TPSA) is 6.48 Å². The molecule has 10 heteroatoms. The van der Waals surface area contributed by atoms with E-state index in [1.165, 1.54) is 0 Å². The fourth-order valence-corrected chi connectivity index (χ4v) is 2.03. The van der Waals surface area contributed by atoms with Crippen molar-refractivity contribution in [1.29, 1.82) is 0 Å². The first-order valence-corrected chi connectivity index (χ1v) is 5.93.